The third-order valence-electron chi connectivity index (χ3n) is 3.88. The summed E-state index contributed by atoms with van der Waals surface area (Å²) >= 11 is 5.97. The zero-order valence-electron chi connectivity index (χ0n) is 11.0. The van der Waals surface area contributed by atoms with Gasteiger partial charge >= 0.3 is 0 Å². The Kier molecular flexibility index (Phi) is 5.10. The lowest BCUT2D eigenvalue weighted by molar-refractivity contribution is -0.0376. The topological polar surface area (TPSA) is 24.5 Å². The van der Waals surface area contributed by atoms with Crippen LogP contribution in [0.2, 0.25) is 0 Å². The van der Waals surface area contributed by atoms with Crippen molar-refractivity contribution < 1.29 is 4.74 Å². The number of halogens is 1. The molecule has 1 aliphatic carbocycles. The first kappa shape index (κ1) is 13.6. The van der Waals surface area contributed by atoms with E-state index in [9.17, 15) is 0 Å². The van der Waals surface area contributed by atoms with Crippen molar-refractivity contribution in [1.82, 2.24) is 10.2 Å². The van der Waals surface area contributed by atoms with E-state index in [1.807, 2.05) is 0 Å². The van der Waals surface area contributed by atoms with E-state index in [0.29, 0.717) is 17.5 Å². The second kappa shape index (κ2) is 6.37. The monoisotopic (exact) mass is 260 g/mol. The summed E-state index contributed by atoms with van der Waals surface area (Å²) in [4.78, 5) is 2.49. The van der Waals surface area contributed by atoms with E-state index < -0.39 is 0 Å². The van der Waals surface area contributed by atoms with E-state index in [0.717, 1.165) is 38.7 Å². The first-order valence-electron chi connectivity index (χ1n) is 6.85. The van der Waals surface area contributed by atoms with Gasteiger partial charge in [-0.3, -0.25) is 4.90 Å². The molecular formula is C13H25ClN2O. The van der Waals surface area contributed by atoms with Gasteiger partial charge in [0.15, 0.2) is 0 Å². The zero-order valence-corrected chi connectivity index (χ0v) is 11.7. The molecule has 0 bridgehead atoms. The number of rotatable bonds is 5. The van der Waals surface area contributed by atoms with Crippen molar-refractivity contribution in [3.63, 3.8) is 0 Å². The lowest BCUT2D eigenvalue weighted by Crippen LogP contribution is -2.49. The van der Waals surface area contributed by atoms with Crippen LogP contribution in [0.25, 0.3) is 0 Å². The fraction of sp³-hybridized carbons (Fsp3) is 1.00. The number of nitrogens with zero attached hydrogens (tertiary/aromatic N) is 1. The lowest BCUT2D eigenvalue weighted by Gasteiger charge is -2.36. The van der Waals surface area contributed by atoms with E-state index >= 15 is 0 Å². The molecular weight excluding hydrogens is 236 g/mol. The fourth-order valence-electron chi connectivity index (χ4n) is 2.60. The molecule has 1 unspecified atom stereocenters. The quantitative estimate of drug-likeness (QED) is 0.762. The normalized spacial score (nSPS) is 34.9. The maximum atomic E-state index is 5.97. The van der Waals surface area contributed by atoms with E-state index in [1.165, 1.54) is 12.8 Å². The molecule has 0 amide bonds. The standard InChI is InChI=1S/C13H25ClN2O/c1-10(2)16-3-4-17-13(9-16)8-15-7-11-5-12(14)6-11/h10-13,15H,3-9H2,1-2H3. The second-order valence-electron chi connectivity index (χ2n) is 5.67. The Bertz CT molecular complexity index is 231. The highest BCUT2D eigenvalue weighted by molar-refractivity contribution is 6.21. The molecule has 17 heavy (non-hydrogen) atoms. The van der Waals surface area contributed by atoms with E-state index in [4.69, 9.17) is 16.3 Å². The molecule has 1 saturated carbocycles. The Morgan fingerprint density at radius 1 is 1.35 bits per heavy atom. The molecule has 1 saturated heterocycles. The maximum Gasteiger partial charge on any atom is 0.0826 e. The average molecular weight is 261 g/mol. The summed E-state index contributed by atoms with van der Waals surface area (Å²) in [6.07, 6.45) is 2.72. The molecule has 1 aliphatic heterocycles. The van der Waals surface area contributed by atoms with Crippen LogP contribution in [-0.2, 0) is 4.74 Å². The molecule has 2 rings (SSSR count). The van der Waals surface area contributed by atoms with Crippen molar-refractivity contribution in [2.45, 2.75) is 44.2 Å². The zero-order chi connectivity index (χ0) is 12.3. The van der Waals surface area contributed by atoms with Crippen LogP contribution in [0.15, 0.2) is 0 Å². The molecule has 1 N–H and O–H groups in total. The van der Waals surface area contributed by atoms with Crippen molar-refractivity contribution >= 4 is 11.6 Å². The van der Waals surface area contributed by atoms with Gasteiger partial charge in [-0.25, -0.2) is 0 Å². The van der Waals surface area contributed by atoms with Crippen LogP contribution in [0.1, 0.15) is 26.7 Å². The van der Waals surface area contributed by atoms with Crippen LogP contribution in [0.4, 0.5) is 0 Å². The van der Waals surface area contributed by atoms with Crippen molar-refractivity contribution in [2.75, 3.05) is 32.8 Å². The van der Waals surface area contributed by atoms with Crippen molar-refractivity contribution in [2.24, 2.45) is 5.92 Å². The van der Waals surface area contributed by atoms with Crippen LogP contribution in [0.5, 0.6) is 0 Å². The minimum absolute atomic E-state index is 0.359. The molecule has 1 heterocycles. The third-order valence-corrected chi connectivity index (χ3v) is 4.24. The van der Waals surface area contributed by atoms with Crippen molar-refractivity contribution in [3.05, 3.63) is 0 Å². The van der Waals surface area contributed by atoms with Gasteiger partial charge in [0, 0.05) is 31.1 Å². The highest BCUT2D eigenvalue weighted by Gasteiger charge is 2.27. The van der Waals surface area contributed by atoms with E-state index in [1.54, 1.807) is 0 Å². The summed E-state index contributed by atoms with van der Waals surface area (Å²) in [5.74, 6) is 0.794. The third kappa shape index (κ3) is 4.09. The van der Waals surface area contributed by atoms with Gasteiger partial charge in [0.25, 0.3) is 0 Å². The van der Waals surface area contributed by atoms with Crippen LogP contribution >= 0.6 is 11.6 Å². The molecule has 1 atom stereocenters. The van der Waals surface area contributed by atoms with Crippen LogP contribution < -0.4 is 5.32 Å². The van der Waals surface area contributed by atoms with Gasteiger partial charge in [-0.2, -0.15) is 0 Å². The molecule has 0 aromatic carbocycles. The summed E-state index contributed by atoms with van der Waals surface area (Å²) in [7, 11) is 0. The van der Waals surface area contributed by atoms with Crippen LogP contribution in [0, 0.1) is 5.92 Å². The summed E-state index contributed by atoms with van der Waals surface area (Å²) < 4.78 is 5.78. The van der Waals surface area contributed by atoms with Crippen molar-refractivity contribution in [1.29, 1.82) is 0 Å². The molecule has 0 aromatic heterocycles. The van der Waals surface area contributed by atoms with Crippen LogP contribution in [-0.4, -0.2) is 55.2 Å². The number of ether oxygens (including phenoxy) is 1. The summed E-state index contributed by atoms with van der Waals surface area (Å²) in [5, 5.41) is 3.96. The highest BCUT2D eigenvalue weighted by atomic mass is 35.5. The number of morpholine rings is 1. The lowest BCUT2D eigenvalue weighted by atomic mass is 9.85. The number of hydrogen-bond donors (Lipinski definition) is 1. The van der Waals surface area contributed by atoms with Gasteiger partial charge < -0.3 is 10.1 Å². The molecule has 2 fully saturated rings. The van der Waals surface area contributed by atoms with E-state index in [2.05, 4.69) is 24.1 Å². The van der Waals surface area contributed by atoms with Gasteiger partial charge in [-0.1, -0.05) is 0 Å². The molecule has 0 spiro atoms. The Labute approximate surface area is 110 Å². The second-order valence-corrected chi connectivity index (χ2v) is 6.29. The summed E-state index contributed by atoms with van der Waals surface area (Å²) in [6, 6.07) is 0.630. The minimum atomic E-state index is 0.359. The largest absolute Gasteiger partial charge is 0.374 e. The predicted octanol–water partition coefficient (Wildman–Crippen LogP) is 1.70. The van der Waals surface area contributed by atoms with Gasteiger partial charge in [0.05, 0.1) is 12.7 Å². The average Bonchev–Trinajstić information content (AvgIpc) is 2.27. The Balaban J connectivity index is 1.58. The predicted molar refractivity (Wildman–Crippen MR) is 71.7 cm³/mol. The molecule has 0 radical (unpaired) electrons. The van der Waals surface area contributed by atoms with Gasteiger partial charge in [0.2, 0.25) is 0 Å². The first-order chi connectivity index (χ1) is 8.15. The molecule has 2 aliphatic rings. The smallest absolute Gasteiger partial charge is 0.0826 e. The minimum Gasteiger partial charge on any atom is -0.374 e. The number of hydrogen-bond acceptors (Lipinski definition) is 3. The summed E-state index contributed by atoms with van der Waals surface area (Å²) in [6.45, 7) is 9.60. The van der Waals surface area contributed by atoms with Gasteiger partial charge in [-0.15, -0.1) is 11.6 Å². The van der Waals surface area contributed by atoms with E-state index in [-0.39, 0.29) is 0 Å². The summed E-state index contributed by atoms with van der Waals surface area (Å²) in [5.41, 5.74) is 0. The highest BCUT2D eigenvalue weighted by Crippen LogP contribution is 2.31. The van der Waals surface area contributed by atoms with Gasteiger partial charge in [-0.05, 0) is 39.2 Å². The molecule has 4 heteroatoms. The number of nitrogens with one attached hydrogen (secondary N) is 1. The molecule has 100 valence electrons. The SMILES string of the molecule is CC(C)N1CCOC(CNCC2CC(Cl)C2)C1. The number of alkyl halides is 1. The van der Waals surface area contributed by atoms with Gasteiger partial charge in [0.1, 0.15) is 0 Å². The Hall–Kier alpha value is 0.170. The maximum absolute atomic E-state index is 5.97. The first-order valence-corrected chi connectivity index (χ1v) is 7.29. The Morgan fingerprint density at radius 3 is 2.76 bits per heavy atom. The van der Waals surface area contributed by atoms with Crippen molar-refractivity contribution in [3.8, 4) is 0 Å². The fourth-order valence-corrected chi connectivity index (χ4v) is 3.11. The molecule has 0 aromatic rings. The Morgan fingerprint density at radius 2 is 2.12 bits per heavy atom. The van der Waals surface area contributed by atoms with Crippen LogP contribution in [0.3, 0.4) is 0 Å². The molecule has 3 nitrogen and oxygen atoms in total.